The van der Waals surface area contributed by atoms with Crippen LogP contribution in [0.25, 0.3) is 22.2 Å². The van der Waals surface area contributed by atoms with Crippen molar-refractivity contribution in [3.05, 3.63) is 65.7 Å². The first-order valence-electron chi connectivity index (χ1n) is 8.57. The Bertz CT molecular complexity index is 1100. The number of amides is 1. The number of rotatable bonds is 5. The Balaban J connectivity index is 1.47. The summed E-state index contributed by atoms with van der Waals surface area (Å²) < 4.78 is 7.22. The largest absolute Gasteiger partial charge is 0.497 e. The maximum atomic E-state index is 12.5. The van der Waals surface area contributed by atoms with Crippen molar-refractivity contribution in [3.8, 4) is 17.0 Å². The third kappa shape index (κ3) is 3.57. The van der Waals surface area contributed by atoms with Crippen LogP contribution in [0.5, 0.6) is 5.75 Å². The number of aromatic nitrogens is 2. The highest BCUT2D eigenvalue weighted by Crippen LogP contribution is 2.27. The molecule has 1 amide bonds. The smallest absolute Gasteiger partial charge is 0.230 e. The lowest BCUT2D eigenvalue weighted by Gasteiger charge is -2.02. The number of anilines is 1. The number of thiazole rings is 1. The number of hydrogen-bond acceptors (Lipinski definition) is 4. The lowest BCUT2D eigenvalue weighted by Crippen LogP contribution is -2.14. The van der Waals surface area contributed by atoms with Gasteiger partial charge >= 0.3 is 0 Å². The van der Waals surface area contributed by atoms with E-state index in [1.807, 2.05) is 65.7 Å². The van der Waals surface area contributed by atoms with E-state index in [9.17, 15) is 4.79 Å². The summed E-state index contributed by atoms with van der Waals surface area (Å²) in [6.07, 6.45) is 2.33. The maximum Gasteiger partial charge on any atom is 0.230 e. The van der Waals surface area contributed by atoms with Crippen molar-refractivity contribution in [2.24, 2.45) is 7.05 Å². The van der Waals surface area contributed by atoms with E-state index in [2.05, 4.69) is 16.4 Å². The summed E-state index contributed by atoms with van der Waals surface area (Å²) in [5.41, 5.74) is 3.96. The van der Waals surface area contributed by atoms with Gasteiger partial charge in [-0.25, -0.2) is 4.98 Å². The highest BCUT2D eigenvalue weighted by Gasteiger charge is 2.12. The van der Waals surface area contributed by atoms with Crippen LogP contribution in [0.1, 0.15) is 5.56 Å². The minimum atomic E-state index is -0.0676. The lowest BCUT2D eigenvalue weighted by molar-refractivity contribution is -0.115. The quantitative estimate of drug-likeness (QED) is 0.557. The van der Waals surface area contributed by atoms with Crippen molar-refractivity contribution in [1.82, 2.24) is 9.55 Å². The van der Waals surface area contributed by atoms with Crippen LogP contribution in [-0.4, -0.2) is 22.6 Å². The fraction of sp³-hybridized carbons (Fsp3) is 0.143. The fourth-order valence-corrected chi connectivity index (χ4v) is 3.86. The summed E-state index contributed by atoms with van der Waals surface area (Å²) in [7, 11) is 3.63. The van der Waals surface area contributed by atoms with Crippen molar-refractivity contribution in [2.75, 3.05) is 12.4 Å². The molecule has 0 aliphatic carbocycles. The molecule has 0 spiro atoms. The molecule has 0 aliphatic heterocycles. The van der Waals surface area contributed by atoms with Crippen LogP contribution in [0.15, 0.2) is 60.1 Å². The van der Waals surface area contributed by atoms with Crippen molar-refractivity contribution in [3.63, 3.8) is 0 Å². The molecule has 2 heterocycles. The number of carbonyl (C=O) groups excluding carboxylic acids is 1. The Morgan fingerprint density at radius 3 is 2.74 bits per heavy atom. The highest BCUT2D eigenvalue weighted by atomic mass is 32.1. The Morgan fingerprint density at radius 2 is 1.96 bits per heavy atom. The Labute approximate surface area is 161 Å². The van der Waals surface area contributed by atoms with Crippen LogP contribution < -0.4 is 10.1 Å². The van der Waals surface area contributed by atoms with E-state index in [1.54, 1.807) is 7.11 Å². The zero-order valence-corrected chi connectivity index (χ0v) is 15.9. The monoisotopic (exact) mass is 377 g/mol. The standard InChI is InChI=1S/C21H19N3O2S/c1-24-12-15(17-5-3-4-6-19(17)24)11-20(25)23-21-22-18(13-27-21)14-7-9-16(26-2)10-8-14/h3-10,12-13H,11H2,1-2H3,(H,22,23,25). The van der Waals surface area contributed by atoms with Crippen molar-refractivity contribution < 1.29 is 9.53 Å². The molecule has 1 N–H and O–H groups in total. The lowest BCUT2D eigenvalue weighted by atomic mass is 10.1. The van der Waals surface area contributed by atoms with Gasteiger partial charge in [-0.1, -0.05) is 18.2 Å². The summed E-state index contributed by atoms with van der Waals surface area (Å²) in [5.74, 6) is 0.736. The molecule has 2 aromatic heterocycles. The van der Waals surface area contributed by atoms with Crippen LogP contribution in [0.3, 0.4) is 0 Å². The molecule has 0 aliphatic rings. The van der Waals surface area contributed by atoms with Crippen LogP contribution in [0.4, 0.5) is 5.13 Å². The first kappa shape index (κ1) is 17.3. The molecule has 5 nitrogen and oxygen atoms in total. The fourth-order valence-electron chi connectivity index (χ4n) is 3.13. The number of methoxy groups -OCH3 is 1. The summed E-state index contributed by atoms with van der Waals surface area (Å²) in [6, 6.07) is 15.8. The number of nitrogens with one attached hydrogen (secondary N) is 1. The molecule has 0 saturated heterocycles. The number of nitrogens with zero attached hydrogens (tertiary/aromatic N) is 2. The van der Waals surface area contributed by atoms with Gasteiger partial charge in [0.15, 0.2) is 5.13 Å². The highest BCUT2D eigenvalue weighted by molar-refractivity contribution is 7.14. The third-order valence-corrected chi connectivity index (χ3v) is 5.22. The molecule has 27 heavy (non-hydrogen) atoms. The zero-order chi connectivity index (χ0) is 18.8. The number of carbonyl (C=O) groups is 1. The number of ether oxygens (including phenoxy) is 1. The van der Waals surface area contributed by atoms with E-state index < -0.39 is 0 Å². The second kappa shape index (κ2) is 7.25. The van der Waals surface area contributed by atoms with Gasteiger partial charge in [0.05, 0.1) is 19.2 Å². The SMILES string of the molecule is COc1ccc(-c2csc(NC(=O)Cc3cn(C)c4ccccc34)n2)cc1. The van der Waals surface area contributed by atoms with Crippen LogP contribution in [0.2, 0.25) is 0 Å². The van der Waals surface area contributed by atoms with Crippen LogP contribution in [0, 0.1) is 0 Å². The molecule has 0 bridgehead atoms. The predicted molar refractivity (Wildman–Crippen MR) is 109 cm³/mol. The third-order valence-electron chi connectivity index (χ3n) is 4.47. The van der Waals surface area contributed by atoms with Crippen LogP contribution >= 0.6 is 11.3 Å². The molecule has 2 aromatic carbocycles. The van der Waals surface area contributed by atoms with Gasteiger partial charge in [0, 0.05) is 35.1 Å². The molecule has 0 fully saturated rings. The van der Waals surface area contributed by atoms with E-state index >= 15 is 0 Å². The van der Waals surface area contributed by atoms with Crippen molar-refractivity contribution >= 4 is 33.3 Å². The molecule has 0 unspecified atom stereocenters. The molecule has 0 saturated carbocycles. The van der Waals surface area contributed by atoms with Gasteiger partial charge in [0.1, 0.15) is 5.75 Å². The predicted octanol–water partition coefficient (Wildman–Crippen LogP) is 4.49. The number of aryl methyl sites for hydroxylation is 1. The molecule has 4 aromatic rings. The Morgan fingerprint density at radius 1 is 1.19 bits per heavy atom. The summed E-state index contributed by atoms with van der Waals surface area (Å²) in [6.45, 7) is 0. The van der Waals surface area contributed by atoms with E-state index in [4.69, 9.17) is 4.74 Å². The maximum absolute atomic E-state index is 12.5. The Kier molecular flexibility index (Phi) is 4.64. The molecular weight excluding hydrogens is 358 g/mol. The molecule has 4 rings (SSSR count). The number of fused-ring (bicyclic) bond motifs is 1. The normalized spacial score (nSPS) is 10.9. The first-order chi connectivity index (χ1) is 13.1. The van der Waals surface area contributed by atoms with Crippen molar-refractivity contribution in [2.45, 2.75) is 6.42 Å². The molecule has 0 radical (unpaired) electrons. The zero-order valence-electron chi connectivity index (χ0n) is 15.1. The summed E-state index contributed by atoms with van der Waals surface area (Å²) >= 11 is 1.42. The number of para-hydroxylation sites is 1. The second-order valence-electron chi connectivity index (χ2n) is 6.27. The van der Waals surface area contributed by atoms with E-state index in [0.717, 1.165) is 33.5 Å². The first-order valence-corrected chi connectivity index (χ1v) is 9.45. The van der Waals surface area contributed by atoms with Gasteiger partial charge in [-0.05, 0) is 35.9 Å². The summed E-state index contributed by atoms with van der Waals surface area (Å²) in [5, 5.41) is 6.56. The van der Waals surface area contributed by atoms with Crippen LogP contribution in [-0.2, 0) is 18.3 Å². The average Bonchev–Trinajstić information content (AvgIpc) is 3.27. The Hall–Kier alpha value is -3.12. The average molecular weight is 377 g/mol. The number of benzene rings is 2. The van der Waals surface area contributed by atoms with Gasteiger partial charge in [-0.3, -0.25) is 4.79 Å². The molecule has 6 heteroatoms. The topological polar surface area (TPSA) is 56.1 Å². The second-order valence-corrected chi connectivity index (χ2v) is 7.13. The van der Waals surface area contributed by atoms with E-state index in [1.165, 1.54) is 11.3 Å². The van der Waals surface area contributed by atoms with Gasteiger partial charge in [0.25, 0.3) is 0 Å². The minimum Gasteiger partial charge on any atom is -0.497 e. The van der Waals surface area contributed by atoms with Gasteiger partial charge in [-0.15, -0.1) is 11.3 Å². The van der Waals surface area contributed by atoms with Gasteiger partial charge in [0.2, 0.25) is 5.91 Å². The van der Waals surface area contributed by atoms with Gasteiger partial charge in [-0.2, -0.15) is 0 Å². The summed E-state index contributed by atoms with van der Waals surface area (Å²) in [4.78, 5) is 17.0. The van der Waals surface area contributed by atoms with Crippen molar-refractivity contribution in [1.29, 1.82) is 0 Å². The van der Waals surface area contributed by atoms with E-state index in [-0.39, 0.29) is 5.91 Å². The van der Waals surface area contributed by atoms with E-state index in [0.29, 0.717) is 11.6 Å². The molecule has 0 atom stereocenters. The van der Waals surface area contributed by atoms with Gasteiger partial charge < -0.3 is 14.6 Å². The molecular formula is C21H19N3O2S. The number of hydrogen-bond donors (Lipinski definition) is 1. The molecule has 136 valence electrons. The minimum absolute atomic E-state index is 0.0676.